The molecule has 4 amide bonds. The van der Waals surface area contributed by atoms with Gasteiger partial charge in [0.1, 0.15) is 29.0 Å². The van der Waals surface area contributed by atoms with E-state index in [2.05, 4.69) is 0 Å². The smallest absolute Gasteiger partial charge is 0.410 e. The number of carbonyl (C=O) groups excluding carboxylic acids is 4. The molecular formula is C34H46F2N4O6. The van der Waals surface area contributed by atoms with Gasteiger partial charge in [-0.15, -0.1) is 0 Å². The standard InChI is InChI=1S/C34H46F2N4O6/c1-34(2,3)46-33(44)40-18-10-9-16-38(5)32(43)28(14-11-17-37(4)30(41)24-21-25(35)23-26(36)22-24)39(6)31(42)27-13-7-8-15-29(27)45-20-12-19-40/h7-8,13,15,21-23,28H,9-12,14,16-20H2,1-6H3/t28-/m0/s1. The number of rotatable bonds is 5. The maximum Gasteiger partial charge on any atom is 0.410 e. The lowest BCUT2D eigenvalue weighted by Gasteiger charge is -2.32. The van der Waals surface area contributed by atoms with Gasteiger partial charge >= 0.3 is 6.09 Å². The van der Waals surface area contributed by atoms with Crippen LogP contribution in [0.25, 0.3) is 0 Å². The van der Waals surface area contributed by atoms with Gasteiger partial charge in [0.05, 0.1) is 12.2 Å². The fourth-order valence-electron chi connectivity index (χ4n) is 5.18. The Bertz CT molecular complexity index is 1360. The van der Waals surface area contributed by atoms with Crippen molar-refractivity contribution < 1.29 is 37.4 Å². The molecule has 2 aromatic carbocycles. The van der Waals surface area contributed by atoms with Crippen molar-refractivity contribution in [1.29, 1.82) is 0 Å². The van der Waals surface area contributed by atoms with E-state index in [0.717, 1.165) is 12.1 Å². The number of ether oxygens (including phenoxy) is 2. The molecular weight excluding hydrogens is 598 g/mol. The van der Waals surface area contributed by atoms with E-state index in [0.29, 0.717) is 62.7 Å². The first-order valence-corrected chi connectivity index (χ1v) is 15.6. The van der Waals surface area contributed by atoms with Gasteiger partial charge in [0.25, 0.3) is 11.8 Å². The van der Waals surface area contributed by atoms with Crippen molar-refractivity contribution in [1.82, 2.24) is 19.6 Å². The fourth-order valence-corrected chi connectivity index (χ4v) is 5.18. The molecule has 0 saturated heterocycles. The van der Waals surface area contributed by atoms with Gasteiger partial charge in [0.15, 0.2) is 0 Å². The molecule has 3 rings (SSSR count). The molecule has 1 aliphatic rings. The van der Waals surface area contributed by atoms with Crippen LogP contribution in [-0.2, 0) is 9.53 Å². The minimum atomic E-state index is -0.855. The average Bonchev–Trinajstić information content (AvgIpc) is 2.99. The number of likely N-dealkylation sites (N-methyl/N-ethyl adjacent to an activating group) is 2. The molecule has 2 aromatic rings. The van der Waals surface area contributed by atoms with Crippen LogP contribution in [0.4, 0.5) is 13.6 Å². The van der Waals surface area contributed by atoms with Crippen molar-refractivity contribution in [3.63, 3.8) is 0 Å². The van der Waals surface area contributed by atoms with Crippen LogP contribution in [0, 0.1) is 11.6 Å². The first-order valence-electron chi connectivity index (χ1n) is 15.6. The Morgan fingerprint density at radius 2 is 1.61 bits per heavy atom. The van der Waals surface area contributed by atoms with E-state index >= 15 is 0 Å². The van der Waals surface area contributed by atoms with Crippen LogP contribution in [0.5, 0.6) is 5.75 Å². The van der Waals surface area contributed by atoms with E-state index in [9.17, 15) is 28.0 Å². The Morgan fingerprint density at radius 1 is 0.978 bits per heavy atom. The van der Waals surface area contributed by atoms with Gasteiger partial charge in [-0.2, -0.15) is 0 Å². The lowest BCUT2D eigenvalue weighted by molar-refractivity contribution is -0.134. The molecule has 46 heavy (non-hydrogen) atoms. The van der Waals surface area contributed by atoms with Gasteiger partial charge in [-0.1, -0.05) is 12.1 Å². The second-order valence-corrected chi connectivity index (χ2v) is 12.6. The lowest BCUT2D eigenvalue weighted by atomic mass is 10.1. The molecule has 0 spiro atoms. The summed E-state index contributed by atoms with van der Waals surface area (Å²) < 4.78 is 39.0. The molecule has 0 unspecified atom stereocenters. The maximum absolute atomic E-state index is 13.8. The molecule has 1 aliphatic heterocycles. The van der Waals surface area contributed by atoms with Crippen molar-refractivity contribution >= 4 is 23.8 Å². The van der Waals surface area contributed by atoms with Crippen LogP contribution >= 0.6 is 0 Å². The van der Waals surface area contributed by atoms with Crippen LogP contribution in [-0.4, -0.2) is 109 Å². The molecule has 0 fully saturated rings. The Kier molecular flexibility index (Phi) is 12.9. The molecule has 0 N–H and O–H groups in total. The first-order chi connectivity index (χ1) is 21.7. The summed E-state index contributed by atoms with van der Waals surface area (Å²) in [4.78, 5) is 59.2. The average molecular weight is 645 g/mol. The third-order valence-corrected chi connectivity index (χ3v) is 7.65. The highest BCUT2D eigenvalue weighted by atomic mass is 19.1. The van der Waals surface area contributed by atoms with Crippen LogP contribution in [0.2, 0.25) is 0 Å². The third-order valence-electron chi connectivity index (χ3n) is 7.65. The second-order valence-electron chi connectivity index (χ2n) is 12.6. The van der Waals surface area contributed by atoms with E-state index in [1.165, 1.54) is 16.8 Å². The number of hydrogen-bond donors (Lipinski definition) is 0. The molecule has 0 bridgehead atoms. The van der Waals surface area contributed by atoms with Gasteiger partial charge in [-0.05, 0) is 77.1 Å². The number of para-hydroxylation sites is 1. The van der Waals surface area contributed by atoms with E-state index < -0.39 is 41.2 Å². The Hall–Kier alpha value is -4.22. The highest BCUT2D eigenvalue weighted by Gasteiger charge is 2.31. The molecule has 0 saturated carbocycles. The summed E-state index contributed by atoms with van der Waals surface area (Å²) in [6, 6.07) is 8.59. The minimum absolute atomic E-state index is 0.116. The number of halogens is 2. The van der Waals surface area contributed by atoms with Crippen LogP contribution in [0.3, 0.4) is 0 Å². The van der Waals surface area contributed by atoms with E-state index in [-0.39, 0.29) is 31.0 Å². The molecule has 1 heterocycles. The molecule has 0 aromatic heterocycles. The van der Waals surface area contributed by atoms with Crippen molar-refractivity contribution in [3.05, 3.63) is 65.2 Å². The van der Waals surface area contributed by atoms with E-state index in [1.54, 1.807) is 48.2 Å². The summed E-state index contributed by atoms with van der Waals surface area (Å²) in [5, 5.41) is 0. The Balaban J connectivity index is 1.79. The predicted octanol–water partition coefficient (Wildman–Crippen LogP) is 5.22. The monoisotopic (exact) mass is 644 g/mol. The van der Waals surface area contributed by atoms with Crippen LogP contribution in [0.1, 0.15) is 73.6 Å². The van der Waals surface area contributed by atoms with Gasteiger partial charge < -0.3 is 29.1 Å². The van der Waals surface area contributed by atoms with Crippen molar-refractivity contribution in [2.45, 2.75) is 64.5 Å². The number of amides is 4. The third kappa shape index (κ3) is 10.4. The molecule has 0 radical (unpaired) electrons. The maximum atomic E-state index is 13.8. The van der Waals surface area contributed by atoms with Gasteiger partial charge in [0, 0.05) is 59.0 Å². The second kappa shape index (κ2) is 16.4. The lowest BCUT2D eigenvalue weighted by Crippen LogP contribution is -2.49. The summed E-state index contributed by atoms with van der Waals surface area (Å²) in [5.41, 5.74) is -0.466. The van der Waals surface area contributed by atoms with Crippen molar-refractivity contribution in [3.8, 4) is 5.75 Å². The number of benzene rings is 2. The molecule has 1 atom stereocenters. The normalized spacial score (nSPS) is 17.3. The Morgan fingerprint density at radius 3 is 2.28 bits per heavy atom. The largest absolute Gasteiger partial charge is 0.493 e. The van der Waals surface area contributed by atoms with Crippen molar-refractivity contribution in [2.75, 3.05) is 53.9 Å². The highest BCUT2D eigenvalue weighted by molar-refractivity contribution is 5.99. The zero-order valence-corrected chi connectivity index (χ0v) is 27.7. The Labute approximate surface area is 270 Å². The number of hydrogen-bond acceptors (Lipinski definition) is 6. The summed E-state index contributed by atoms with van der Waals surface area (Å²) in [7, 11) is 4.76. The zero-order valence-electron chi connectivity index (χ0n) is 27.7. The highest BCUT2D eigenvalue weighted by Crippen LogP contribution is 2.23. The minimum Gasteiger partial charge on any atom is -0.493 e. The van der Waals surface area contributed by atoms with E-state index in [1.807, 2.05) is 20.8 Å². The first kappa shape index (κ1) is 36.3. The van der Waals surface area contributed by atoms with E-state index in [4.69, 9.17) is 9.47 Å². The number of nitrogens with zero attached hydrogens (tertiary/aromatic N) is 4. The van der Waals surface area contributed by atoms with Crippen LogP contribution in [0.15, 0.2) is 42.5 Å². The summed E-state index contributed by atoms with van der Waals surface area (Å²) >= 11 is 0. The summed E-state index contributed by atoms with van der Waals surface area (Å²) in [6.07, 6.45) is 1.93. The molecule has 10 nitrogen and oxygen atoms in total. The quantitative estimate of drug-likeness (QED) is 0.443. The van der Waals surface area contributed by atoms with Crippen LogP contribution < -0.4 is 4.74 Å². The molecule has 0 aliphatic carbocycles. The fraction of sp³-hybridized carbons (Fsp3) is 0.529. The van der Waals surface area contributed by atoms with Gasteiger partial charge in [0.2, 0.25) is 5.91 Å². The number of fused-ring (bicyclic) bond motifs is 1. The van der Waals surface area contributed by atoms with Crippen molar-refractivity contribution in [2.24, 2.45) is 0 Å². The molecule has 12 heteroatoms. The SMILES string of the molecule is CN(CCC[C@H]1C(=O)N(C)CCCCN(C(=O)OC(C)(C)C)CCCOc2ccccc2C(=O)N1C)C(=O)c1cc(F)cc(F)c1. The topological polar surface area (TPSA) is 99.7 Å². The summed E-state index contributed by atoms with van der Waals surface area (Å²) in [6.45, 7) is 7.15. The number of carbonyl (C=O) groups is 4. The molecule has 252 valence electrons. The zero-order chi connectivity index (χ0) is 34.0. The predicted molar refractivity (Wildman–Crippen MR) is 170 cm³/mol. The van der Waals surface area contributed by atoms with Gasteiger partial charge in [-0.25, -0.2) is 13.6 Å². The summed E-state index contributed by atoms with van der Waals surface area (Å²) in [5.74, 6) is -2.56. The van der Waals surface area contributed by atoms with Gasteiger partial charge in [-0.3, -0.25) is 14.4 Å².